The zero-order chi connectivity index (χ0) is 24.0. The molecule has 0 N–H and O–H groups in total. The first-order valence-electron chi connectivity index (χ1n) is 11.1. The van der Waals surface area contributed by atoms with Crippen molar-refractivity contribution < 1.29 is 17.9 Å². The van der Waals surface area contributed by atoms with E-state index in [0.717, 1.165) is 54.8 Å². The van der Waals surface area contributed by atoms with Crippen molar-refractivity contribution in [1.82, 2.24) is 20.0 Å². The highest BCUT2D eigenvalue weighted by molar-refractivity contribution is 5.63. The van der Waals surface area contributed by atoms with Gasteiger partial charge < -0.3 is 4.74 Å². The molecule has 0 aliphatic carbocycles. The summed E-state index contributed by atoms with van der Waals surface area (Å²) in [6.07, 6.45) is 3.85. The second kappa shape index (κ2) is 10.5. The fraction of sp³-hybridized carbons (Fsp3) is 0.269. The Labute approximate surface area is 196 Å². The van der Waals surface area contributed by atoms with E-state index in [-0.39, 0.29) is 6.61 Å². The molecule has 176 valence electrons. The van der Waals surface area contributed by atoms with Gasteiger partial charge in [-0.1, -0.05) is 29.5 Å². The monoisotopic (exact) mass is 466 g/mol. The van der Waals surface area contributed by atoms with Gasteiger partial charge in [-0.05, 0) is 67.6 Å². The molecule has 2 aromatic carbocycles. The Hall–Kier alpha value is -3.68. The number of benzene rings is 2. The number of alkyl halides is 3. The van der Waals surface area contributed by atoms with Crippen LogP contribution in [0.3, 0.4) is 0 Å². The van der Waals surface area contributed by atoms with Crippen LogP contribution in [-0.2, 0) is 25.7 Å². The third-order valence-electron chi connectivity index (χ3n) is 5.64. The van der Waals surface area contributed by atoms with Crippen molar-refractivity contribution in [2.45, 2.75) is 45.5 Å². The average molecular weight is 467 g/mol. The smallest absolute Gasteiger partial charge is 0.416 e. The molecule has 0 amide bonds. The molecule has 0 atom stereocenters. The summed E-state index contributed by atoms with van der Waals surface area (Å²) in [5.41, 5.74) is 3.78. The maximum Gasteiger partial charge on any atom is 0.416 e. The van der Waals surface area contributed by atoms with Gasteiger partial charge >= 0.3 is 6.18 Å². The summed E-state index contributed by atoms with van der Waals surface area (Å²) < 4.78 is 46.5. The van der Waals surface area contributed by atoms with Crippen LogP contribution < -0.4 is 4.74 Å². The summed E-state index contributed by atoms with van der Waals surface area (Å²) in [7, 11) is 0. The van der Waals surface area contributed by atoms with Gasteiger partial charge in [0.15, 0.2) is 0 Å². The number of aryl methyl sites for hydroxylation is 3. The fourth-order valence-corrected chi connectivity index (χ4v) is 3.77. The lowest BCUT2D eigenvalue weighted by atomic mass is 10.0. The van der Waals surface area contributed by atoms with E-state index in [0.29, 0.717) is 11.3 Å². The van der Waals surface area contributed by atoms with E-state index >= 15 is 0 Å². The van der Waals surface area contributed by atoms with Crippen molar-refractivity contribution in [2.75, 3.05) is 0 Å². The number of nitrogens with zero attached hydrogens (tertiary/aromatic N) is 4. The zero-order valence-corrected chi connectivity index (χ0v) is 18.8. The van der Waals surface area contributed by atoms with Crippen molar-refractivity contribution in [1.29, 1.82) is 0 Å². The van der Waals surface area contributed by atoms with Crippen LogP contribution >= 0.6 is 0 Å². The van der Waals surface area contributed by atoms with Gasteiger partial charge in [0.2, 0.25) is 0 Å². The molecular weight excluding hydrogens is 441 g/mol. The van der Waals surface area contributed by atoms with Crippen LogP contribution in [0.15, 0.2) is 73.2 Å². The lowest BCUT2D eigenvalue weighted by Crippen LogP contribution is -2.04. The molecule has 0 unspecified atom stereocenters. The maximum absolute atomic E-state index is 12.9. The molecule has 5 nitrogen and oxygen atoms in total. The lowest BCUT2D eigenvalue weighted by molar-refractivity contribution is -0.137. The molecule has 0 aliphatic rings. The van der Waals surface area contributed by atoms with Crippen LogP contribution in [-0.4, -0.2) is 20.0 Å². The number of unbranched alkanes of at least 4 members (excludes halogenated alkanes) is 1. The molecule has 0 radical (unpaired) electrons. The summed E-state index contributed by atoms with van der Waals surface area (Å²) >= 11 is 0. The molecule has 8 heteroatoms. The Morgan fingerprint density at radius 2 is 1.76 bits per heavy atom. The van der Waals surface area contributed by atoms with Crippen molar-refractivity contribution in [2.24, 2.45) is 0 Å². The molecule has 2 heterocycles. The van der Waals surface area contributed by atoms with Gasteiger partial charge in [0.05, 0.1) is 17.5 Å². The number of halogens is 3. The Kier molecular flexibility index (Phi) is 7.25. The standard InChI is InChI=1S/C26H25F3N4O/c1-19-17-24(12-9-20(19)5-2-3-15-33-16-14-31-32-33)34-18-22-6-4-13-30-25(22)21-7-10-23(11-8-21)26(27,28)29/h4,6-14,16-17H,2-3,5,15,18H2,1H3. The van der Waals surface area contributed by atoms with Gasteiger partial charge in [-0.15, -0.1) is 5.10 Å². The molecule has 0 saturated carbocycles. The number of aromatic nitrogens is 4. The first-order valence-corrected chi connectivity index (χ1v) is 11.1. The third-order valence-corrected chi connectivity index (χ3v) is 5.64. The third kappa shape index (κ3) is 6.01. The van der Waals surface area contributed by atoms with E-state index in [1.54, 1.807) is 18.5 Å². The quantitative estimate of drug-likeness (QED) is 0.273. The number of ether oxygens (including phenoxy) is 1. The van der Waals surface area contributed by atoms with E-state index < -0.39 is 11.7 Å². The summed E-state index contributed by atoms with van der Waals surface area (Å²) in [4.78, 5) is 4.37. The Bertz CT molecular complexity index is 1210. The molecular formula is C26H25F3N4O. The minimum atomic E-state index is -4.37. The topological polar surface area (TPSA) is 52.8 Å². The lowest BCUT2D eigenvalue weighted by Gasteiger charge is -2.13. The number of hydrogen-bond donors (Lipinski definition) is 0. The predicted molar refractivity (Wildman–Crippen MR) is 123 cm³/mol. The molecule has 4 aromatic rings. The minimum Gasteiger partial charge on any atom is -0.489 e. The summed E-state index contributed by atoms with van der Waals surface area (Å²) in [6, 6.07) is 14.7. The highest BCUT2D eigenvalue weighted by atomic mass is 19.4. The van der Waals surface area contributed by atoms with E-state index in [2.05, 4.69) is 28.3 Å². The van der Waals surface area contributed by atoms with Crippen molar-refractivity contribution in [3.05, 3.63) is 95.4 Å². The van der Waals surface area contributed by atoms with Gasteiger partial charge in [0.1, 0.15) is 12.4 Å². The Morgan fingerprint density at radius 3 is 2.47 bits per heavy atom. The molecule has 2 aromatic heterocycles. The van der Waals surface area contributed by atoms with Crippen molar-refractivity contribution in [3.63, 3.8) is 0 Å². The van der Waals surface area contributed by atoms with Crippen molar-refractivity contribution in [3.8, 4) is 17.0 Å². The molecule has 34 heavy (non-hydrogen) atoms. The number of pyridine rings is 1. The highest BCUT2D eigenvalue weighted by Gasteiger charge is 2.30. The van der Waals surface area contributed by atoms with E-state index in [9.17, 15) is 13.2 Å². The van der Waals surface area contributed by atoms with E-state index in [1.165, 1.54) is 17.7 Å². The van der Waals surface area contributed by atoms with Gasteiger partial charge in [0.25, 0.3) is 0 Å². The van der Waals surface area contributed by atoms with Crippen LogP contribution in [0.4, 0.5) is 13.2 Å². The van der Waals surface area contributed by atoms with E-state index in [4.69, 9.17) is 4.74 Å². The summed E-state index contributed by atoms with van der Waals surface area (Å²) in [6.45, 7) is 3.19. The van der Waals surface area contributed by atoms with Crippen LogP contribution in [0.25, 0.3) is 11.3 Å². The highest BCUT2D eigenvalue weighted by Crippen LogP contribution is 2.31. The second-order valence-electron chi connectivity index (χ2n) is 8.09. The minimum absolute atomic E-state index is 0.265. The number of rotatable bonds is 9. The van der Waals surface area contributed by atoms with Crippen LogP contribution in [0.2, 0.25) is 0 Å². The Morgan fingerprint density at radius 1 is 0.941 bits per heavy atom. The zero-order valence-electron chi connectivity index (χ0n) is 18.8. The molecule has 0 saturated heterocycles. The first kappa shape index (κ1) is 23.5. The Balaban J connectivity index is 1.37. The van der Waals surface area contributed by atoms with Gasteiger partial charge in [-0.3, -0.25) is 9.67 Å². The first-order chi connectivity index (χ1) is 16.4. The molecule has 0 bridgehead atoms. The van der Waals surface area contributed by atoms with Crippen LogP contribution in [0.5, 0.6) is 5.75 Å². The molecule has 4 rings (SSSR count). The number of hydrogen-bond acceptors (Lipinski definition) is 4. The molecule has 0 spiro atoms. The fourth-order valence-electron chi connectivity index (χ4n) is 3.77. The average Bonchev–Trinajstić information content (AvgIpc) is 3.35. The molecule has 0 aliphatic heterocycles. The van der Waals surface area contributed by atoms with Crippen molar-refractivity contribution >= 4 is 0 Å². The molecule has 0 fully saturated rings. The van der Waals surface area contributed by atoms with Gasteiger partial charge in [-0.25, -0.2) is 0 Å². The largest absolute Gasteiger partial charge is 0.489 e. The van der Waals surface area contributed by atoms with Gasteiger partial charge in [-0.2, -0.15) is 13.2 Å². The normalized spacial score (nSPS) is 11.5. The summed E-state index contributed by atoms with van der Waals surface area (Å²) in [5.74, 6) is 0.742. The SMILES string of the molecule is Cc1cc(OCc2cccnc2-c2ccc(C(F)(F)F)cc2)ccc1CCCCn1ccnn1. The van der Waals surface area contributed by atoms with Crippen LogP contribution in [0.1, 0.15) is 35.1 Å². The van der Waals surface area contributed by atoms with E-state index in [1.807, 2.05) is 29.1 Å². The summed E-state index contributed by atoms with van der Waals surface area (Å²) in [5, 5.41) is 7.79. The van der Waals surface area contributed by atoms with Crippen LogP contribution in [0, 0.1) is 6.92 Å². The predicted octanol–water partition coefficient (Wildman–Crippen LogP) is 6.27. The second-order valence-corrected chi connectivity index (χ2v) is 8.09. The maximum atomic E-state index is 12.9. The van der Waals surface area contributed by atoms with Gasteiger partial charge in [0, 0.05) is 30.1 Å².